The molecule has 190 valence electrons. The molecule has 2 heterocycles. The second kappa shape index (κ2) is 11.6. The molecular weight excluding hydrogens is 486 g/mol. The average Bonchev–Trinajstić information content (AvgIpc) is 3.33. The Kier molecular flexibility index (Phi) is 7.87. The molecule has 37 heavy (non-hydrogen) atoms. The van der Waals surface area contributed by atoms with Gasteiger partial charge < -0.3 is 19.9 Å². The third-order valence-electron chi connectivity index (χ3n) is 6.61. The van der Waals surface area contributed by atoms with E-state index in [1.807, 2.05) is 35.2 Å². The highest BCUT2D eigenvalue weighted by Gasteiger charge is 2.32. The summed E-state index contributed by atoms with van der Waals surface area (Å²) in [6.45, 7) is 2.75. The van der Waals surface area contributed by atoms with Crippen LogP contribution >= 0.6 is 11.8 Å². The quantitative estimate of drug-likeness (QED) is 0.510. The second-order valence-corrected chi connectivity index (χ2v) is 10.1. The zero-order valence-electron chi connectivity index (χ0n) is 20.5. The van der Waals surface area contributed by atoms with Crippen LogP contribution in [0.1, 0.15) is 37.2 Å². The van der Waals surface area contributed by atoms with E-state index in [1.165, 1.54) is 5.56 Å². The van der Waals surface area contributed by atoms with Gasteiger partial charge in [-0.25, -0.2) is 0 Å². The van der Waals surface area contributed by atoms with Crippen molar-refractivity contribution in [3.63, 3.8) is 0 Å². The molecule has 2 aliphatic rings. The number of hydrogen-bond acceptors (Lipinski definition) is 5. The van der Waals surface area contributed by atoms with E-state index in [-0.39, 0.29) is 23.1 Å². The second-order valence-electron chi connectivity index (χ2n) is 9.01. The molecule has 0 unspecified atom stereocenters. The lowest BCUT2D eigenvalue weighted by molar-refractivity contribution is -0.128. The van der Waals surface area contributed by atoms with Crippen LogP contribution in [0.5, 0.6) is 0 Å². The van der Waals surface area contributed by atoms with Gasteiger partial charge >= 0.3 is 0 Å². The van der Waals surface area contributed by atoms with Gasteiger partial charge in [-0.05, 0) is 41.8 Å². The Morgan fingerprint density at radius 3 is 2.38 bits per heavy atom. The predicted octanol–water partition coefficient (Wildman–Crippen LogP) is 4.23. The first-order chi connectivity index (χ1) is 18.1. The molecule has 0 aliphatic carbocycles. The number of carbonyl (C=O) groups excluding carboxylic acids is 3. The van der Waals surface area contributed by atoms with Gasteiger partial charge in [-0.3, -0.25) is 14.4 Å². The molecule has 3 amide bonds. The molecule has 0 spiro atoms. The molecule has 3 aromatic rings. The van der Waals surface area contributed by atoms with E-state index in [0.717, 1.165) is 12.0 Å². The van der Waals surface area contributed by atoms with Crippen molar-refractivity contribution >= 4 is 35.2 Å². The summed E-state index contributed by atoms with van der Waals surface area (Å²) in [6, 6.07) is 24.6. The lowest BCUT2D eigenvalue weighted by Crippen LogP contribution is -2.41. The van der Waals surface area contributed by atoms with Crippen LogP contribution in [0, 0.1) is 0 Å². The Morgan fingerprint density at radius 1 is 0.919 bits per heavy atom. The number of hydrogen-bond donors (Lipinski definition) is 1. The van der Waals surface area contributed by atoms with Gasteiger partial charge in [0.05, 0.1) is 30.2 Å². The smallest absolute Gasteiger partial charge is 0.256 e. The van der Waals surface area contributed by atoms with Crippen LogP contribution in [-0.4, -0.2) is 66.1 Å². The fourth-order valence-electron chi connectivity index (χ4n) is 4.58. The van der Waals surface area contributed by atoms with E-state index >= 15 is 0 Å². The zero-order chi connectivity index (χ0) is 25.6. The Hall–Kier alpha value is -3.62. The minimum Gasteiger partial charge on any atom is -0.378 e. The summed E-state index contributed by atoms with van der Waals surface area (Å²) >= 11 is 1.61. The van der Waals surface area contributed by atoms with Gasteiger partial charge in [-0.15, -0.1) is 11.8 Å². The maximum absolute atomic E-state index is 13.0. The maximum atomic E-state index is 13.0. The number of morpholine rings is 1. The number of nitrogens with one attached hydrogen (secondary N) is 1. The molecule has 1 atom stereocenters. The van der Waals surface area contributed by atoms with Gasteiger partial charge in [0.25, 0.3) is 11.8 Å². The summed E-state index contributed by atoms with van der Waals surface area (Å²) in [5, 5.41) is 2.83. The summed E-state index contributed by atoms with van der Waals surface area (Å²) in [7, 11) is 0. The number of amides is 3. The molecule has 0 radical (unpaired) electrons. The summed E-state index contributed by atoms with van der Waals surface area (Å²) in [5.74, 6) is 0.183. The average molecular weight is 516 g/mol. The first-order valence-corrected chi connectivity index (χ1v) is 13.5. The first-order valence-electron chi connectivity index (χ1n) is 12.4. The van der Waals surface area contributed by atoms with Crippen molar-refractivity contribution in [3.05, 3.63) is 101 Å². The summed E-state index contributed by atoms with van der Waals surface area (Å²) in [5.41, 5.74) is 3.62. The highest BCUT2D eigenvalue weighted by molar-refractivity contribution is 8.00. The van der Waals surface area contributed by atoms with Crippen LogP contribution in [0.2, 0.25) is 0 Å². The van der Waals surface area contributed by atoms with Crippen molar-refractivity contribution < 1.29 is 19.1 Å². The van der Waals surface area contributed by atoms with Crippen LogP contribution in [0.3, 0.4) is 0 Å². The Labute approximate surface area is 220 Å². The number of thioether (sulfide) groups is 1. The molecule has 2 saturated heterocycles. The van der Waals surface area contributed by atoms with E-state index < -0.39 is 0 Å². The van der Waals surface area contributed by atoms with Crippen molar-refractivity contribution in [2.45, 2.75) is 11.8 Å². The number of anilines is 1. The molecule has 2 fully saturated rings. The molecule has 5 rings (SSSR count). The molecule has 0 aromatic heterocycles. The third-order valence-corrected chi connectivity index (χ3v) is 7.87. The van der Waals surface area contributed by atoms with Crippen molar-refractivity contribution in [2.24, 2.45) is 0 Å². The summed E-state index contributed by atoms with van der Waals surface area (Å²) < 4.78 is 5.34. The number of rotatable bonds is 7. The highest BCUT2D eigenvalue weighted by atomic mass is 32.2. The fraction of sp³-hybridized carbons (Fsp3) is 0.276. The molecule has 2 aliphatic heterocycles. The van der Waals surface area contributed by atoms with Gasteiger partial charge in [0.1, 0.15) is 5.37 Å². The van der Waals surface area contributed by atoms with Crippen molar-refractivity contribution in [2.75, 3.05) is 43.9 Å². The molecule has 3 aromatic carbocycles. The third kappa shape index (κ3) is 5.87. The lowest BCUT2D eigenvalue weighted by Gasteiger charge is -2.27. The van der Waals surface area contributed by atoms with Gasteiger partial charge in [-0.2, -0.15) is 0 Å². The lowest BCUT2D eigenvalue weighted by atomic mass is 10.1. The van der Waals surface area contributed by atoms with Gasteiger partial charge in [0.15, 0.2) is 0 Å². The highest BCUT2D eigenvalue weighted by Crippen LogP contribution is 2.38. The van der Waals surface area contributed by atoms with E-state index in [4.69, 9.17) is 4.74 Å². The predicted molar refractivity (Wildman–Crippen MR) is 145 cm³/mol. The monoisotopic (exact) mass is 515 g/mol. The van der Waals surface area contributed by atoms with Crippen molar-refractivity contribution in [1.82, 2.24) is 9.80 Å². The van der Waals surface area contributed by atoms with E-state index in [1.54, 1.807) is 53.1 Å². The fourth-order valence-corrected chi connectivity index (χ4v) is 5.79. The zero-order valence-corrected chi connectivity index (χ0v) is 21.3. The van der Waals surface area contributed by atoms with Crippen LogP contribution in [-0.2, 0) is 16.0 Å². The van der Waals surface area contributed by atoms with Crippen LogP contribution in [0.25, 0.3) is 0 Å². The van der Waals surface area contributed by atoms with E-state index in [0.29, 0.717) is 55.4 Å². The van der Waals surface area contributed by atoms with Gasteiger partial charge in [-0.1, -0.05) is 54.6 Å². The molecule has 0 bridgehead atoms. The van der Waals surface area contributed by atoms with Crippen molar-refractivity contribution in [3.8, 4) is 0 Å². The number of ether oxygens (including phenoxy) is 1. The molecular formula is C29H29N3O4S. The van der Waals surface area contributed by atoms with E-state index in [9.17, 15) is 14.4 Å². The first kappa shape index (κ1) is 25.0. The standard InChI is InChI=1S/C29H29N3O4S/c33-26-20-37-29(32(26)15-14-21-6-2-1-3-7-21)23-12-10-22(11-13-23)27(34)30-25-9-5-4-8-24(25)28(35)31-16-18-36-19-17-31/h1-13,29H,14-20H2,(H,30,34)/t29-/m1/s1. The normalized spacial score (nSPS) is 17.6. The summed E-state index contributed by atoms with van der Waals surface area (Å²) in [4.78, 5) is 42.3. The van der Waals surface area contributed by atoms with E-state index in [2.05, 4.69) is 17.4 Å². The van der Waals surface area contributed by atoms with Crippen LogP contribution in [0.15, 0.2) is 78.9 Å². The SMILES string of the molecule is O=C(Nc1ccccc1C(=O)N1CCOCC1)c1ccc([C@H]2SCC(=O)N2CCc2ccccc2)cc1. The minimum atomic E-state index is -0.287. The number of benzene rings is 3. The molecule has 7 nitrogen and oxygen atoms in total. The van der Waals surface area contributed by atoms with Crippen LogP contribution < -0.4 is 5.32 Å². The van der Waals surface area contributed by atoms with Crippen LogP contribution in [0.4, 0.5) is 5.69 Å². The molecule has 1 N–H and O–H groups in total. The minimum absolute atomic E-state index is 0.0693. The number of nitrogens with zero attached hydrogens (tertiary/aromatic N) is 2. The molecule has 0 saturated carbocycles. The van der Waals surface area contributed by atoms with Crippen molar-refractivity contribution in [1.29, 1.82) is 0 Å². The Bertz CT molecular complexity index is 1260. The Balaban J connectivity index is 1.25. The topological polar surface area (TPSA) is 79.0 Å². The maximum Gasteiger partial charge on any atom is 0.256 e. The largest absolute Gasteiger partial charge is 0.378 e. The van der Waals surface area contributed by atoms with Gasteiger partial charge in [0.2, 0.25) is 5.91 Å². The Morgan fingerprint density at radius 2 is 1.62 bits per heavy atom. The number of carbonyl (C=O) groups is 3. The molecule has 8 heteroatoms. The number of para-hydroxylation sites is 1. The van der Waals surface area contributed by atoms with Gasteiger partial charge in [0, 0.05) is 25.2 Å². The summed E-state index contributed by atoms with van der Waals surface area (Å²) in [6.07, 6.45) is 0.798.